The van der Waals surface area contributed by atoms with Gasteiger partial charge in [0.15, 0.2) is 0 Å². The summed E-state index contributed by atoms with van der Waals surface area (Å²) >= 11 is 0. The first-order chi connectivity index (χ1) is 4.35. The molecule has 0 rings (SSSR count). The maximum atomic E-state index is 9.93. The zero-order valence-corrected chi connectivity index (χ0v) is 5.42. The van der Waals surface area contributed by atoms with E-state index in [-0.39, 0.29) is 0 Å². The smallest absolute Gasteiger partial charge is 0.312 e. The third kappa shape index (κ3) is 3.53. The summed E-state index contributed by atoms with van der Waals surface area (Å²) in [7, 11) is 0. The number of carbonyl (C=O) groups excluding carboxylic acids is 1. The molecule has 3 heteroatoms. The van der Waals surface area contributed by atoms with E-state index in [1.165, 1.54) is 4.90 Å². The van der Waals surface area contributed by atoms with Gasteiger partial charge in [-0.1, -0.05) is 0 Å². The summed E-state index contributed by atoms with van der Waals surface area (Å²) in [5.74, 6) is 0. The molecular weight excluding hydrogens is 116 g/mol. The molecule has 0 aromatic rings. The van der Waals surface area contributed by atoms with Crippen LogP contribution in [0.1, 0.15) is 13.3 Å². The van der Waals surface area contributed by atoms with Crippen LogP contribution in [0.3, 0.4) is 0 Å². The molecule has 0 spiro atoms. The lowest BCUT2D eigenvalue weighted by atomic mass is 10.4. The quantitative estimate of drug-likeness (QED) is 0.507. The molecule has 0 fully saturated rings. The van der Waals surface area contributed by atoms with E-state index in [1.807, 2.05) is 13.0 Å². The van der Waals surface area contributed by atoms with Crippen molar-refractivity contribution in [2.24, 2.45) is 0 Å². The second-order valence-corrected chi connectivity index (χ2v) is 1.58. The van der Waals surface area contributed by atoms with Gasteiger partial charge in [-0.25, -0.2) is 0 Å². The Kier molecular flexibility index (Phi) is 4.51. The number of nitrogens with zero attached hydrogens (tertiary/aromatic N) is 2. The molecule has 3 nitrogen and oxygen atoms in total. The van der Waals surface area contributed by atoms with Crippen LogP contribution >= 0.6 is 0 Å². The van der Waals surface area contributed by atoms with Crippen molar-refractivity contribution in [3.8, 4) is 6.07 Å². The summed E-state index contributed by atoms with van der Waals surface area (Å²) in [5.41, 5.74) is 0. The third-order valence-electron chi connectivity index (χ3n) is 1.00. The molecule has 1 radical (unpaired) electrons. The lowest BCUT2D eigenvalue weighted by Gasteiger charge is -2.09. The van der Waals surface area contributed by atoms with E-state index in [1.54, 1.807) is 6.41 Å². The molecule has 0 aromatic carbocycles. The van der Waals surface area contributed by atoms with Gasteiger partial charge in [0.25, 0.3) is 0 Å². The molecule has 0 aromatic heterocycles. The zero-order chi connectivity index (χ0) is 7.11. The van der Waals surface area contributed by atoms with Gasteiger partial charge in [0.05, 0.1) is 12.5 Å². The zero-order valence-electron chi connectivity index (χ0n) is 5.42. The Morgan fingerprint density at radius 1 is 1.67 bits per heavy atom. The maximum Gasteiger partial charge on any atom is 0.312 e. The molecule has 0 atom stereocenters. The molecule has 0 saturated heterocycles. The average molecular weight is 125 g/mol. The second kappa shape index (κ2) is 5.10. The van der Waals surface area contributed by atoms with E-state index in [0.717, 1.165) is 0 Å². The summed E-state index contributed by atoms with van der Waals surface area (Å²) in [6.07, 6.45) is 2.11. The molecule has 9 heavy (non-hydrogen) atoms. The van der Waals surface area contributed by atoms with E-state index in [2.05, 4.69) is 0 Å². The molecule has 0 N–H and O–H groups in total. The minimum atomic E-state index is 0.392. The van der Waals surface area contributed by atoms with Crippen LogP contribution in [0, 0.1) is 11.3 Å². The summed E-state index contributed by atoms with van der Waals surface area (Å²) in [6.45, 7) is 2.98. The van der Waals surface area contributed by atoms with Gasteiger partial charge in [0.1, 0.15) is 0 Å². The van der Waals surface area contributed by atoms with E-state index >= 15 is 0 Å². The van der Waals surface area contributed by atoms with E-state index in [0.29, 0.717) is 19.5 Å². The van der Waals surface area contributed by atoms with Crippen molar-refractivity contribution in [3.63, 3.8) is 0 Å². The van der Waals surface area contributed by atoms with Crippen LogP contribution in [-0.4, -0.2) is 24.4 Å². The fraction of sp³-hybridized carbons (Fsp3) is 0.667. The molecule has 0 bridgehead atoms. The molecule has 0 aliphatic heterocycles. The first kappa shape index (κ1) is 7.96. The Bertz CT molecular complexity index is 117. The summed E-state index contributed by atoms with van der Waals surface area (Å²) in [4.78, 5) is 11.4. The number of amides is 1. The predicted octanol–water partition coefficient (Wildman–Crippen LogP) is 0.289. The first-order valence-corrected chi connectivity index (χ1v) is 2.84. The fourth-order valence-electron chi connectivity index (χ4n) is 0.453. The Morgan fingerprint density at radius 2 is 2.33 bits per heavy atom. The van der Waals surface area contributed by atoms with Crippen LogP contribution in [0.2, 0.25) is 0 Å². The van der Waals surface area contributed by atoms with Crippen LogP contribution in [0.25, 0.3) is 0 Å². The topological polar surface area (TPSA) is 44.1 Å². The molecule has 49 valence electrons. The van der Waals surface area contributed by atoms with Crippen LogP contribution in [0.4, 0.5) is 0 Å². The summed E-state index contributed by atoms with van der Waals surface area (Å²) in [6, 6.07) is 1.95. The Labute approximate surface area is 54.9 Å². The standard InChI is InChI=1S/C6H9N2O/c1-2-8(6-9)5-3-4-7/h2-3,5H2,1H3. The lowest BCUT2D eigenvalue weighted by Crippen LogP contribution is -2.21. The van der Waals surface area contributed by atoms with Crippen LogP contribution in [0.15, 0.2) is 0 Å². The second-order valence-electron chi connectivity index (χ2n) is 1.58. The number of hydrogen-bond donors (Lipinski definition) is 0. The van der Waals surface area contributed by atoms with Gasteiger partial charge in [0, 0.05) is 13.1 Å². The lowest BCUT2D eigenvalue weighted by molar-refractivity contribution is 0.401. The molecule has 0 heterocycles. The van der Waals surface area contributed by atoms with E-state index in [4.69, 9.17) is 5.26 Å². The van der Waals surface area contributed by atoms with Gasteiger partial charge in [-0.15, -0.1) is 0 Å². The minimum Gasteiger partial charge on any atom is -0.334 e. The Hall–Kier alpha value is -1.04. The van der Waals surface area contributed by atoms with Crippen molar-refractivity contribution in [2.45, 2.75) is 13.3 Å². The minimum absolute atomic E-state index is 0.392. The molecule has 0 saturated carbocycles. The number of hydrogen-bond acceptors (Lipinski definition) is 2. The van der Waals surface area contributed by atoms with Crippen LogP contribution < -0.4 is 0 Å². The predicted molar refractivity (Wildman–Crippen MR) is 33.2 cm³/mol. The third-order valence-corrected chi connectivity index (χ3v) is 1.00. The highest BCUT2D eigenvalue weighted by molar-refractivity contribution is 5.47. The monoisotopic (exact) mass is 125 g/mol. The van der Waals surface area contributed by atoms with Crippen molar-refractivity contribution in [1.82, 2.24) is 4.90 Å². The molecule has 1 amide bonds. The Morgan fingerprint density at radius 3 is 2.67 bits per heavy atom. The SMILES string of the molecule is CCN([C]=O)CCC#N. The van der Waals surface area contributed by atoms with E-state index < -0.39 is 0 Å². The molecule has 0 unspecified atom stereocenters. The highest BCUT2D eigenvalue weighted by Crippen LogP contribution is 1.83. The maximum absolute atomic E-state index is 9.93. The molecule has 0 aliphatic carbocycles. The van der Waals surface area contributed by atoms with Gasteiger partial charge in [0.2, 0.25) is 0 Å². The molecule has 0 aliphatic rings. The Balaban J connectivity index is 3.33. The number of rotatable bonds is 4. The average Bonchev–Trinajstić information content (AvgIpc) is 1.91. The van der Waals surface area contributed by atoms with E-state index in [9.17, 15) is 4.79 Å². The van der Waals surface area contributed by atoms with Crippen molar-refractivity contribution in [1.29, 1.82) is 5.26 Å². The highest BCUT2D eigenvalue weighted by Gasteiger charge is 1.95. The normalized spacial score (nSPS) is 8.00. The molecular formula is C6H9N2O. The van der Waals surface area contributed by atoms with Crippen LogP contribution in [0.5, 0.6) is 0 Å². The van der Waals surface area contributed by atoms with Crippen molar-refractivity contribution < 1.29 is 4.79 Å². The fourth-order valence-corrected chi connectivity index (χ4v) is 0.453. The highest BCUT2D eigenvalue weighted by atomic mass is 16.1. The van der Waals surface area contributed by atoms with Gasteiger partial charge in [-0.2, -0.15) is 5.26 Å². The first-order valence-electron chi connectivity index (χ1n) is 2.84. The number of nitriles is 1. The summed E-state index contributed by atoms with van der Waals surface area (Å²) in [5, 5.41) is 8.10. The summed E-state index contributed by atoms with van der Waals surface area (Å²) < 4.78 is 0. The largest absolute Gasteiger partial charge is 0.334 e. The van der Waals surface area contributed by atoms with Gasteiger partial charge < -0.3 is 4.90 Å². The van der Waals surface area contributed by atoms with Gasteiger partial charge >= 0.3 is 6.41 Å². The van der Waals surface area contributed by atoms with Crippen molar-refractivity contribution >= 4 is 6.41 Å². The van der Waals surface area contributed by atoms with Crippen LogP contribution in [-0.2, 0) is 4.79 Å². The van der Waals surface area contributed by atoms with Gasteiger partial charge in [-0.3, -0.25) is 4.79 Å². The van der Waals surface area contributed by atoms with Gasteiger partial charge in [-0.05, 0) is 6.92 Å². The van der Waals surface area contributed by atoms with Crippen molar-refractivity contribution in [3.05, 3.63) is 0 Å². The van der Waals surface area contributed by atoms with Crippen molar-refractivity contribution in [2.75, 3.05) is 13.1 Å².